The lowest BCUT2D eigenvalue weighted by Crippen LogP contribution is -2.11. The number of nitrogens with zero attached hydrogens (tertiary/aromatic N) is 1. The molecule has 5 heteroatoms. The van der Waals surface area contributed by atoms with E-state index in [4.69, 9.17) is 16.7 Å². The van der Waals surface area contributed by atoms with Crippen molar-refractivity contribution in [3.05, 3.63) is 47.6 Å². The smallest absolute Gasteiger partial charge is 0.332 e. The lowest BCUT2D eigenvalue weighted by atomic mass is 10.2. The lowest BCUT2D eigenvalue weighted by Gasteiger charge is -2.09. The van der Waals surface area contributed by atoms with Crippen LogP contribution in [0.3, 0.4) is 0 Å². The van der Waals surface area contributed by atoms with E-state index in [0.29, 0.717) is 10.5 Å². The largest absolute Gasteiger partial charge is 0.478 e. The van der Waals surface area contributed by atoms with Crippen LogP contribution in [-0.2, 0) is 4.79 Å². The first-order chi connectivity index (χ1) is 8.59. The number of aromatic nitrogens is 1. The number of anilines is 1. The minimum Gasteiger partial charge on any atom is -0.478 e. The summed E-state index contributed by atoms with van der Waals surface area (Å²) in [7, 11) is 0. The quantitative estimate of drug-likeness (QED) is 0.832. The van der Waals surface area contributed by atoms with Crippen molar-refractivity contribution in [3.63, 3.8) is 0 Å². The van der Waals surface area contributed by atoms with Crippen molar-refractivity contribution in [3.8, 4) is 0 Å². The number of hydrogen-bond acceptors (Lipinski definition) is 3. The molecule has 2 rings (SSSR count). The molecule has 0 radical (unpaired) electrons. The number of benzene rings is 1. The van der Waals surface area contributed by atoms with E-state index in [2.05, 4.69) is 16.9 Å². The van der Waals surface area contributed by atoms with E-state index in [9.17, 15) is 4.79 Å². The molecule has 2 N–H and O–H groups in total. The van der Waals surface area contributed by atoms with Gasteiger partial charge < -0.3 is 10.4 Å². The van der Waals surface area contributed by atoms with Crippen LogP contribution in [0.4, 0.5) is 5.69 Å². The van der Waals surface area contributed by atoms with E-state index in [1.54, 1.807) is 24.4 Å². The molecule has 4 nitrogen and oxygen atoms in total. The highest BCUT2D eigenvalue weighted by molar-refractivity contribution is 6.35. The SMILES string of the molecule is C=C(CNc1ccc(Cl)c2cccnc12)C(=O)O. The summed E-state index contributed by atoms with van der Waals surface area (Å²) >= 11 is 6.06. The van der Waals surface area contributed by atoms with Gasteiger partial charge in [0, 0.05) is 23.7 Å². The fourth-order valence-corrected chi connectivity index (χ4v) is 1.77. The molecular weight excluding hydrogens is 252 g/mol. The molecule has 0 fully saturated rings. The third kappa shape index (κ3) is 2.43. The van der Waals surface area contributed by atoms with Crippen LogP contribution < -0.4 is 5.32 Å². The van der Waals surface area contributed by atoms with Gasteiger partial charge in [-0.3, -0.25) is 4.98 Å². The Balaban J connectivity index is 2.32. The van der Waals surface area contributed by atoms with Gasteiger partial charge in [0.1, 0.15) is 0 Å². The number of carbonyl (C=O) groups is 1. The number of pyridine rings is 1. The van der Waals surface area contributed by atoms with Crippen molar-refractivity contribution < 1.29 is 9.90 Å². The standard InChI is InChI=1S/C13H11ClN2O2/c1-8(13(17)18)7-16-11-5-4-10(14)9-3-2-6-15-12(9)11/h2-6,16H,1,7H2,(H,17,18). The van der Waals surface area contributed by atoms with E-state index < -0.39 is 5.97 Å². The number of nitrogens with one attached hydrogen (secondary N) is 1. The fourth-order valence-electron chi connectivity index (χ4n) is 1.56. The van der Waals surface area contributed by atoms with Crippen molar-refractivity contribution in [2.45, 2.75) is 0 Å². The Morgan fingerprint density at radius 1 is 1.44 bits per heavy atom. The van der Waals surface area contributed by atoms with Gasteiger partial charge in [-0.15, -0.1) is 0 Å². The molecule has 2 aromatic rings. The maximum Gasteiger partial charge on any atom is 0.332 e. The number of carboxylic acid groups (broad SMARTS) is 1. The second-order valence-corrected chi connectivity index (χ2v) is 4.16. The van der Waals surface area contributed by atoms with Crippen molar-refractivity contribution in [2.75, 3.05) is 11.9 Å². The predicted octanol–water partition coefficient (Wildman–Crippen LogP) is 2.94. The Kier molecular flexibility index (Phi) is 3.48. The predicted molar refractivity (Wildman–Crippen MR) is 72.0 cm³/mol. The van der Waals surface area contributed by atoms with E-state index in [1.165, 1.54) is 0 Å². The number of fused-ring (bicyclic) bond motifs is 1. The topological polar surface area (TPSA) is 62.2 Å². The maximum atomic E-state index is 10.7. The van der Waals surface area contributed by atoms with Crippen LogP contribution in [0.5, 0.6) is 0 Å². The van der Waals surface area contributed by atoms with Gasteiger partial charge in [0.15, 0.2) is 0 Å². The van der Waals surface area contributed by atoms with Crippen LogP contribution in [0.15, 0.2) is 42.6 Å². The van der Waals surface area contributed by atoms with Crippen LogP contribution in [0.25, 0.3) is 10.9 Å². The number of hydrogen-bond donors (Lipinski definition) is 2. The molecule has 1 heterocycles. The molecule has 0 atom stereocenters. The molecular formula is C13H11ClN2O2. The summed E-state index contributed by atoms with van der Waals surface area (Å²) in [6.45, 7) is 3.61. The van der Waals surface area contributed by atoms with Crippen molar-refractivity contribution in [1.82, 2.24) is 4.98 Å². The minimum absolute atomic E-state index is 0.0917. The zero-order valence-corrected chi connectivity index (χ0v) is 10.2. The molecule has 92 valence electrons. The van der Waals surface area contributed by atoms with Gasteiger partial charge in [-0.2, -0.15) is 0 Å². The lowest BCUT2D eigenvalue weighted by molar-refractivity contribution is -0.132. The summed E-state index contributed by atoms with van der Waals surface area (Å²) in [6.07, 6.45) is 1.66. The van der Waals surface area contributed by atoms with E-state index in [-0.39, 0.29) is 12.1 Å². The van der Waals surface area contributed by atoms with Gasteiger partial charge >= 0.3 is 5.97 Å². The first-order valence-corrected chi connectivity index (χ1v) is 5.65. The first-order valence-electron chi connectivity index (χ1n) is 5.28. The summed E-state index contributed by atoms with van der Waals surface area (Å²) in [5, 5.41) is 13.2. The van der Waals surface area contributed by atoms with Crippen molar-refractivity contribution >= 4 is 34.2 Å². The molecule has 1 aromatic carbocycles. The second kappa shape index (κ2) is 5.06. The molecule has 18 heavy (non-hydrogen) atoms. The fraction of sp³-hybridized carbons (Fsp3) is 0.0769. The molecule has 0 bridgehead atoms. The third-order valence-electron chi connectivity index (χ3n) is 2.51. The van der Waals surface area contributed by atoms with E-state index in [0.717, 1.165) is 11.1 Å². The van der Waals surface area contributed by atoms with Crippen molar-refractivity contribution in [2.24, 2.45) is 0 Å². The van der Waals surface area contributed by atoms with Crippen LogP contribution in [-0.4, -0.2) is 22.6 Å². The van der Waals surface area contributed by atoms with Gasteiger partial charge in [-0.05, 0) is 24.3 Å². The highest BCUT2D eigenvalue weighted by atomic mass is 35.5. The van der Waals surface area contributed by atoms with Crippen LogP contribution >= 0.6 is 11.6 Å². The van der Waals surface area contributed by atoms with Crippen LogP contribution in [0, 0.1) is 0 Å². The second-order valence-electron chi connectivity index (χ2n) is 3.76. The van der Waals surface area contributed by atoms with Crippen molar-refractivity contribution in [1.29, 1.82) is 0 Å². The Hall–Kier alpha value is -2.07. The van der Waals surface area contributed by atoms with Gasteiger partial charge in [0.2, 0.25) is 0 Å². The highest BCUT2D eigenvalue weighted by Crippen LogP contribution is 2.27. The number of aliphatic carboxylic acids is 1. The first kappa shape index (κ1) is 12.4. The molecule has 0 amide bonds. The number of carboxylic acids is 1. The summed E-state index contributed by atoms with van der Waals surface area (Å²) in [6, 6.07) is 7.18. The Labute approximate surface area is 109 Å². The summed E-state index contributed by atoms with van der Waals surface area (Å²) < 4.78 is 0. The van der Waals surface area contributed by atoms with Gasteiger partial charge in [0.05, 0.1) is 16.2 Å². The average molecular weight is 263 g/mol. The Morgan fingerprint density at radius 3 is 2.94 bits per heavy atom. The summed E-state index contributed by atoms with van der Waals surface area (Å²) in [4.78, 5) is 14.9. The van der Waals surface area contributed by atoms with Crippen LogP contribution in [0.2, 0.25) is 5.02 Å². The molecule has 0 unspecified atom stereocenters. The summed E-state index contributed by atoms with van der Waals surface area (Å²) in [5.74, 6) is -1.02. The number of halogens is 1. The van der Waals surface area contributed by atoms with E-state index >= 15 is 0 Å². The zero-order chi connectivity index (χ0) is 13.1. The number of rotatable bonds is 4. The Bertz CT molecular complexity index is 625. The third-order valence-corrected chi connectivity index (χ3v) is 2.84. The molecule has 0 saturated heterocycles. The average Bonchev–Trinajstić information content (AvgIpc) is 2.38. The molecule has 0 aliphatic heterocycles. The maximum absolute atomic E-state index is 10.7. The highest BCUT2D eigenvalue weighted by Gasteiger charge is 2.07. The van der Waals surface area contributed by atoms with Gasteiger partial charge in [0.25, 0.3) is 0 Å². The molecule has 1 aromatic heterocycles. The molecule has 0 aliphatic rings. The molecule has 0 aliphatic carbocycles. The summed E-state index contributed by atoms with van der Waals surface area (Å²) in [5.41, 5.74) is 1.54. The van der Waals surface area contributed by atoms with E-state index in [1.807, 2.05) is 6.07 Å². The minimum atomic E-state index is -1.02. The van der Waals surface area contributed by atoms with Gasteiger partial charge in [-0.1, -0.05) is 18.2 Å². The normalized spacial score (nSPS) is 10.3. The van der Waals surface area contributed by atoms with Crippen LogP contribution in [0.1, 0.15) is 0 Å². The molecule has 0 spiro atoms. The molecule has 0 saturated carbocycles. The zero-order valence-electron chi connectivity index (χ0n) is 9.48. The Morgan fingerprint density at radius 2 is 2.22 bits per heavy atom. The monoisotopic (exact) mass is 262 g/mol. The van der Waals surface area contributed by atoms with Gasteiger partial charge in [-0.25, -0.2) is 4.79 Å².